The second-order valence-electron chi connectivity index (χ2n) is 7.87. The van der Waals surface area contributed by atoms with Gasteiger partial charge in [0, 0.05) is 4.88 Å². The zero-order valence-electron chi connectivity index (χ0n) is 14.6. The van der Waals surface area contributed by atoms with Crippen LogP contribution in [0.25, 0.3) is 0 Å². The molecule has 0 atom stereocenters. The normalized spacial score (nSPS) is 31.5. The first-order chi connectivity index (χ1) is 12.6. The molecular weight excluding hydrogens is 352 g/mol. The number of nitrogens with one attached hydrogen (secondary N) is 2. The number of esters is 1. The summed E-state index contributed by atoms with van der Waals surface area (Å²) in [4.78, 5) is 37.1. The van der Waals surface area contributed by atoms with Crippen molar-refractivity contribution in [2.75, 3.05) is 6.61 Å². The number of carbonyl (C=O) groups excluding carboxylic acids is 3. The summed E-state index contributed by atoms with van der Waals surface area (Å²) < 4.78 is 5.25. The van der Waals surface area contributed by atoms with Crippen molar-refractivity contribution in [2.24, 2.45) is 29.6 Å². The molecule has 0 aliphatic heterocycles. The van der Waals surface area contributed by atoms with Crippen LogP contribution < -0.4 is 10.6 Å². The van der Waals surface area contributed by atoms with Gasteiger partial charge in [-0.15, -0.1) is 11.3 Å². The standard InChI is InChI=1S/C19H24N2O4S/c22-16(21-19(24)20-9-15-2-1-3-26-15)10-25-18(23)17-13-5-11-4-12(7-13)8-14(17)6-11/h1-3,11-14,17H,4-10H2,(H2,20,21,22,24). The van der Waals surface area contributed by atoms with Gasteiger partial charge in [-0.2, -0.15) is 0 Å². The van der Waals surface area contributed by atoms with E-state index in [2.05, 4.69) is 10.6 Å². The number of thiophene rings is 1. The lowest BCUT2D eigenvalue weighted by atomic mass is 9.52. The molecule has 1 aromatic heterocycles. The topological polar surface area (TPSA) is 84.5 Å². The molecule has 0 saturated heterocycles. The fourth-order valence-electron chi connectivity index (χ4n) is 5.33. The van der Waals surface area contributed by atoms with Crippen LogP contribution in [0.4, 0.5) is 4.79 Å². The number of imide groups is 1. The summed E-state index contributed by atoms with van der Waals surface area (Å²) >= 11 is 1.53. The van der Waals surface area contributed by atoms with E-state index >= 15 is 0 Å². The van der Waals surface area contributed by atoms with Crippen LogP contribution in [-0.4, -0.2) is 24.5 Å². The molecule has 2 N–H and O–H groups in total. The summed E-state index contributed by atoms with van der Waals surface area (Å²) in [5, 5.41) is 6.73. The van der Waals surface area contributed by atoms with Gasteiger partial charge >= 0.3 is 12.0 Å². The van der Waals surface area contributed by atoms with Gasteiger partial charge in [-0.1, -0.05) is 6.07 Å². The lowest BCUT2D eigenvalue weighted by Gasteiger charge is -2.53. The van der Waals surface area contributed by atoms with Gasteiger partial charge < -0.3 is 10.1 Å². The minimum atomic E-state index is -0.592. The zero-order chi connectivity index (χ0) is 18.1. The third kappa shape index (κ3) is 3.77. The molecule has 1 heterocycles. The van der Waals surface area contributed by atoms with Crippen LogP contribution in [0.3, 0.4) is 0 Å². The number of urea groups is 1. The van der Waals surface area contributed by atoms with E-state index in [0.29, 0.717) is 18.4 Å². The molecule has 4 aliphatic rings. The summed E-state index contributed by atoms with van der Waals surface area (Å²) in [6.45, 7) is -0.0294. The van der Waals surface area contributed by atoms with Gasteiger partial charge in [0.05, 0.1) is 12.5 Å². The maximum absolute atomic E-state index is 12.5. The Labute approximate surface area is 156 Å². The Morgan fingerprint density at radius 2 is 1.77 bits per heavy atom. The third-order valence-corrected chi connectivity index (χ3v) is 6.98. The fourth-order valence-corrected chi connectivity index (χ4v) is 5.97. The predicted octanol–water partition coefficient (Wildman–Crippen LogP) is 2.69. The van der Waals surface area contributed by atoms with E-state index in [-0.39, 0.29) is 11.9 Å². The van der Waals surface area contributed by atoms with Crippen LogP contribution >= 0.6 is 11.3 Å². The lowest BCUT2D eigenvalue weighted by molar-refractivity contribution is -0.164. The smallest absolute Gasteiger partial charge is 0.321 e. The zero-order valence-corrected chi connectivity index (χ0v) is 15.4. The van der Waals surface area contributed by atoms with E-state index in [4.69, 9.17) is 4.74 Å². The number of hydrogen-bond donors (Lipinski definition) is 2. The molecule has 1 aromatic rings. The van der Waals surface area contributed by atoms with Crippen molar-refractivity contribution in [2.45, 2.75) is 38.6 Å². The Morgan fingerprint density at radius 1 is 1.08 bits per heavy atom. The first kappa shape index (κ1) is 17.5. The Kier molecular flexibility index (Phi) is 4.98. The highest BCUT2D eigenvalue weighted by Crippen LogP contribution is 2.56. The molecule has 0 spiro atoms. The van der Waals surface area contributed by atoms with E-state index in [1.54, 1.807) is 0 Å². The van der Waals surface area contributed by atoms with Crippen molar-refractivity contribution in [3.05, 3.63) is 22.4 Å². The number of amides is 3. The summed E-state index contributed by atoms with van der Waals surface area (Å²) in [5.74, 6) is 1.53. The van der Waals surface area contributed by atoms with Crippen LogP contribution in [0.5, 0.6) is 0 Å². The minimum absolute atomic E-state index is 0.0525. The molecule has 4 aliphatic carbocycles. The second kappa shape index (κ2) is 7.39. The maximum atomic E-state index is 12.5. The SMILES string of the molecule is O=C(COC(=O)C1C2CC3CC(C2)CC1C3)NC(=O)NCc1cccs1. The first-order valence-electron chi connectivity index (χ1n) is 9.35. The van der Waals surface area contributed by atoms with Crippen LogP contribution in [0.2, 0.25) is 0 Å². The quantitative estimate of drug-likeness (QED) is 0.774. The highest BCUT2D eigenvalue weighted by Gasteiger charge is 2.51. The lowest BCUT2D eigenvalue weighted by Crippen LogP contribution is -2.49. The molecule has 4 saturated carbocycles. The average molecular weight is 376 g/mol. The van der Waals surface area contributed by atoms with Crippen LogP contribution in [0, 0.1) is 29.6 Å². The van der Waals surface area contributed by atoms with Gasteiger partial charge in [0.15, 0.2) is 6.61 Å². The number of hydrogen-bond acceptors (Lipinski definition) is 5. The fraction of sp³-hybridized carbons (Fsp3) is 0.632. The molecule has 140 valence electrons. The van der Waals surface area contributed by atoms with Crippen molar-refractivity contribution in [1.82, 2.24) is 10.6 Å². The molecule has 5 rings (SSSR count). The van der Waals surface area contributed by atoms with Crippen molar-refractivity contribution < 1.29 is 19.1 Å². The van der Waals surface area contributed by atoms with Crippen molar-refractivity contribution in [1.29, 1.82) is 0 Å². The predicted molar refractivity (Wildman–Crippen MR) is 96.2 cm³/mol. The Bertz CT molecular complexity index is 660. The van der Waals surface area contributed by atoms with E-state index in [0.717, 1.165) is 42.4 Å². The summed E-state index contributed by atoms with van der Waals surface area (Å²) in [6.07, 6.45) is 5.85. The molecular formula is C19H24N2O4S. The van der Waals surface area contributed by atoms with Crippen molar-refractivity contribution in [3.8, 4) is 0 Å². The molecule has 4 fully saturated rings. The van der Waals surface area contributed by atoms with Crippen molar-refractivity contribution >= 4 is 29.2 Å². The summed E-state index contributed by atoms with van der Waals surface area (Å²) in [7, 11) is 0. The highest BCUT2D eigenvalue weighted by molar-refractivity contribution is 7.09. The molecule has 3 amide bonds. The van der Waals surface area contributed by atoms with E-state index in [1.165, 1.54) is 17.8 Å². The number of ether oxygens (including phenoxy) is 1. The number of carbonyl (C=O) groups is 3. The molecule has 7 heteroatoms. The van der Waals surface area contributed by atoms with E-state index < -0.39 is 18.5 Å². The van der Waals surface area contributed by atoms with Crippen LogP contribution in [0.15, 0.2) is 17.5 Å². The van der Waals surface area contributed by atoms with Gasteiger partial charge in [0.2, 0.25) is 0 Å². The average Bonchev–Trinajstić information content (AvgIpc) is 3.11. The molecule has 0 unspecified atom stereocenters. The number of rotatable bonds is 5. The van der Waals surface area contributed by atoms with Gasteiger partial charge in [-0.25, -0.2) is 4.79 Å². The Hall–Kier alpha value is -1.89. The first-order valence-corrected chi connectivity index (χ1v) is 10.2. The van der Waals surface area contributed by atoms with Crippen LogP contribution in [0.1, 0.15) is 37.0 Å². The van der Waals surface area contributed by atoms with E-state index in [1.807, 2.05) is 17.5 Å². The van der Waals surface area contributed by atoms with E-state index in [9.17, 15) is 14.4 Å². The molecule has 4 bridgehead atoms. The van der Waals surface area contributed by atoms with Gasteiger partial charge in [-0.3, -0.25) is 14.9 Å². The molecule has 26 heavy (non-hydrogen) atoms. The van der Waals surface area contributed by atoms with Crippen LogP contribution in [-0.2, 0) is 20.9 Å². The minimum Gasteiger partial charge on any atom is -0.455 e. The Balaban J connectivity index is 1.20. The molecule has 0 aromatic carbocycles. The van der Waals surface area contributed by atoms with Gasteiger partial charge in [0.1, 0.15) is 0 Å². The second-order valence-corrected chi connectivity index (χ2v) is 8.91. The maximum Gasteiger partial charge on any atom is 0.321 e. The molecule has 6 nitrogen and oxygen atoms in total. The summed E-state index contributed by atoms with van der Waals surface area (Å²) in [6, 6.07) is 3.22. The molecule has 0 radical (unpaired) electrons. The largest absolute Gasteiger partial charge is 0.455 e. The highest BCUT2D eigenvalue weighted by atomic mass is 32.1. The van der Waals surface area contributed by atoms with Gasteiger partial charge in [-0.05, 0) is 67.2 Å². The monoisotopic (exact) mass is 376 g/mol. The Morgan fingerprint density at radius 3 is 2.38 bits per heavy atom. The third-order valence-electron chi connectivity index (χ3n) is 6.10. The van der Waals surface area contributed by atoms with Crippen molar-refractivity contribution in [3.63, 3.8) is 0 Å². The van der Waals surface area contributed by atoms with Gasteiger partial charge in [0.25, 0.3) is 5.91 Å². The summed E-state index contributed by atoms with van der Waals surface area (Å²) in [5.41, 5.74) is 0.